The van der Waals surface area contributed by atoms with Crippen molar-refractivity contribution in [3.05, 3.63) is 24.0 Å². The first-order valence-corrected chi connectivity index (χ1v) is 14.5. The second-order valence-corrected chi connectivity index (χ2v) is 13.3. The van der Waals surface area contributed by atoms with Gasteiger partial charge in [-0.15, -0.1) is 0 Å². The number of methoxy groups -OCH3 is 1. The molecule has 3 heterocycles. The number of nitrogens with one attached hydrogen (secondary N) is 3. The monoisotopic (exact) mass is 585 g/mol. The van der Waals surface area contributed by atoms with Crippen LogP contribution in [-0.4, -0.2) is 84.4 Å². The molecule has 6 atom stereocenters. The second kappa shape index (κ2) is 11.9. The van der Waals surface area contributed by atoms with Crippen LogP contribution in [0.5, 0.6) is 5.75 Å². The van der Waals surface area contributed by atoms with Crippen molar-refractivity contribution in [3.8, 4) is 5.75 Å². The fourth-order valence-corrected chi connectivity index (χ4v) is 6.28. The number of nitrogens with zero attached hydrogens (tertiary/aromatic N) is 2. The molecule has 3 fully saturated rings. The summed E-state index contributed by atoms with van der Waals surface area (Å²) in [5, 5.41) is 8.31. The third kappa shape index (κ3) is 6.52. The largest absolute Gasteiger partial charge is 0.484 e. The van der Waals surface area contributed by atoms with Gasteiger partial charge in [0.2, 0.25) is 17.7 Å². The van der Waals surface area contributed by atoms with Gasteiger partial charge in [0.1, 0.15) is 24.4 Å². The molecule has 2 aliphatic heterocycles. The third-order valence-corrected chi connectivity index (χ3v) is 8.97. The zero-order chi connectivity index (χ0) is 31.0. The Hall–Kier alpha value is -3.70. The fraction of sp³-hybridized carbons (Fsp3) is 0.667. The van der Waals surface area contributed by atoms with Crippen LogP contribution in [0.2, 0.25) is 0 Å². The summed E-state index contributed by atoms with van der Waals surface area (Å²) in [4.78, 5) is 71.5. The molecule has 1 saturated carbocycles. The molecule has 42 heavy (non-hydrogen) atoms. The number of aromatic nitrogens is 1. The van der Waals surface area contributed by atoms with Crippen molar-refractivity contribution in [1.29, 1.82) is 0 Å². The SMILES string of the molecule is COC(=O)N[C@H](C(=O)N1C[C@H]2[C@@H]([C@H]1C(=O)N[C@@H](C[C@@H]1CCNC1=O)C(=O)COc1ccc(C)nc1)C2(C)C)C(C)(C)C. The van der Waals surface area contributed by atoms with Crippen molar-refractivity contribution < 1.29 is 33.4 Å². The number of hydrogen-bond acceptors (Lipinski definition) is 8. The van der Waals surface area contributed by atoms with Gasteiger partial charge in [-0.05, 0) is 54.6 Å². The van der Waals surface area contributed by atoms with Crippen LogP contribution in [-0.2, 0) is 23.9 Å². The average molecular weight is 586 g/mol. The zero-order valence-electron chi connectivity index (χ0n) is 25.5. The van der Waals surface area contributed by atoms with E-state index in [1.54, 1.807) is 12.1 Å². The standard InChI is InChI=1S/C30H43N5O7/c1-16-8-9-18(13-32-16)42-15-21(36)20(12-17-10-11-31-25(17)37)33-26(38)23-22-19(30(22,5)6)14-35(23)27(39)24(29(2,3)4)34-28(40)41-7/h8-9,13,17,19-20,22-24H,10-12,14-15H2,1-7H3,(H,31,37)(H,33,38)(H,34,40)/t17-,19-,20-,22-,23-,24+/m0/s1. The molecule has 4 amide bonds. The highest BCUT2D eigenvalue weighted by Crippen LogP contribution is 2.65. The summed E-state index contributed by atoms with van der Waals surface area (Å²) in [5.41, 5.74) is -0.0259. The Morgan fingerprint density at radius 1 is 1.19 bits per heavy atom. The summed E-state index contributed by atoms with van der Waals surface area (Å²) in [6.07, 6.45) is 1.46. The normalized spacial score (nSPS) is 25.5. The minimum absolute atomic E-state index is 0.100. The lowest BCUT2D eigenvalue weighted by Crippen LogP contribution is -2.60. The van der Waals surface area contributed by atoms with Gasteiger partial charge in [-0.2, -0.15) is 0 Å². The summed E-state index contributed by atoms with van der Waals surface area (Å²) >= 11 is 0. The van der Waals surface area contributed by atoms with Gasteiger partial charge in [0, 0.05) is 24.7 Å². The lowest BCUT2D eigenvalue weighted by atomic mass is 9.85. The fourth-order valence-electron chi connectivity index (χ4n) is 6.28. The van der Waals surface area contributed by atoms with Gasteiger partial charge in [-0.3, -0.25) is 24.2 Å². The van der Waals surface area contributed by atoms with Crippen LogP contribution in [0.4, 0.5) is 4.79 Å². The molecule has 0 radical (unpaired) electrons. The Kier molecular flexibility index (Phi) is 8.84. The molecular weight excluding hydrogens is 542 g/mol. The number of hydrogen-bond donors (Lipinski definition) is 3. The first-order chi connectivity index (χ1) is 19.6. The lowest BCUT2D eigenvalue weighted by molar-refractivity contribution is -0.144. The van der Waals surface area contributed by atoms with Crippen molar-refractivity contribution in [1.82, 2.24) is 25.8 Å². The molecule has 12 heteroatoms. The number of rotatable bonds is 10. The number of alkyl carbamates (subject to hydrolysis) is 1. The summed E-state index contributed by atoms with van der Waals surface area (Å²) < 4.78 is 10.4. The number of carbonyl (C=O) groups excluding carboxylic acids is 5. The molecule has 230 valence electrons. The Morgan fingerprint density at radius 2 is 1.90 bits per heavy atom. The summed E-state index contributed by atoms with van der Waals surface area (Å²) in [5.74, 6) is -1.41. The highest BCUT2D eigenvalue weighted by molar-refractivity contribution is 5.96. The van der Waals surface area contributed by atoms with Crippen LogP contribution in [0.1, 0.15) is 53.2 Å². The van der Waals surface area contributed by atoms with Crippen molar-refractivity contribution in [2.45, 2.75) is 72.5 Å². The number of Topliss-reactive ketones (excluding diaryl/α,β-unsaturated/α-hetero) is 1. The minimum atomic E-state index is -0.991. The van der Waals surface area contributed by atoms with E-state index in [1.807, 2.05) is 27.7 Å². The maximum atomic E-state index is 14.0. The zero-order valence-corrected chi connectivity index (χ0v) is 25.5. The number of likely N-dealkylation sites (tertiary alicyclic amines) is 1. The second-order valence-electron chi connectivity index (χ2n) is 13.3. The molecule has 0 unspecified atom stereocenters. The number of aryl methyl sites for hydroxylation is 1. The molecular formula is C30H43N5O7. The Morgan fingerprint density at radius 3 is 2.48 bits per heavy atom. The maximum absolute atomic E-state index is 14.0. The number of ketones is 1. The van der Waals surface area contributed by atoms with E-state index in [2.05, 4.69) is 34.8 Å². The molecule has 0 aromatic carbocycles. The number of piperidine rings is 1. The minimum Gasteiger partial charge on any atom is -0.484 e. The van der Waals surface area contributed by atoms with Crippen molar-refractivity contribution in [3.63, 3.8) is 0 Å². The van der Waals surface area contributed by atoms with Crippen molar-refractivity contribution in [2.75, 3.05) is 26.8 Å². The average Bonchev–Trinajstić information content (AvgIpc) is 3.27. The molecule has 1 aliphatic carbocycles. The molecule has 1 aromatic rings. The predicted octanol–water partition coefficient (Wildman–Crippen LogP) is 1.60. The maximum Gasteiger partial charge on any atom is 0.407 e. The van der Waals surface area contributed by atoms with E-state index in [0.29, 0.717) is 25.3 Å². The van der Waals surface area contributed by atoms with E-state index in [0.717, 1.165) is 5.69 Å². The topological polar surface area (TPSA) is 156 Å². The summed E-state index contributed by atoms with van der Waals surface area (Å²) in [6.45, 7) is 12.0. The third-order valence-electron chi connectivity index (χ3n) is 8.97. The Bertz CT molecular complexity index is 1230. The van der Waals surface area contributed by atoms with E-state index >= 15 is 0 Å². The van der Waals surface area contributed by atoms with Crippen molar-refractivity contribution >= 4 is 29.6 Å². The van der Waals surface area contributed by atoms with Gasteiger partial charge >= 0.3 is 6.09 Å². The molecule has 4 rings (SSSR count). The van der Waals surface area contributed by atoms with Gasteiger partial charge in [0.25, 0.3) is 0 Å². The number of carbonyl (C=O) groups is 5. The van der Waals surface area contributed by atoms with E-state index in [4.69, 9.17) is 9.47 Å². The van der Waals surface area contributed by atoms with Gasteiger partial charge in [0.15, 0.2) is 5.78 Å². The first-order valence-electron chi connectivity index (χ1n) is 14.5. The quantitative estimate of drug-likeness (QED) is 0.374. The van der Waals surface area contributed by atoms with E-state index in [1.165, 1.54) is 18.2 Å². The number of fused-ring (bicyclic) bond motifs is 1. The molecule has 0 spiro atoms. The van der Waals surface area contributed by atoms with Gasteiger partial charge in [-0.1, -0.05) is 34.6 Å². The predicted molar refractivity (Wildman–Crippen MR) is 152 cm³/mol. The smallest absolute Gasteiger partial charge is 0.407 e. The number of amides is 4. The van der Waals surface area contributed by atoms with E-state index in [-0.39, 0.29) is 47.9 Å². The molecule has 0 bridgehead atoms. The van der Waals surface area contributed by atoms with Crippen LogP contribution in [0, 0.1) is 35.5 Å². The summed E-state index contributed by atoms with van der Waals surface area (Å²) in [6, 6.07) is 0.711. The van der Waals surface area contributed by atoms with Crippen LogP contribution < -0.4 is 20.7 Å². The van der Waals surface area contributed by atoms with Crippen LogP contribution >= 0.6 is 0 Å². The molecule has 3 N–H and O–H groups in total. The Labute approximate surface area is 246 Å². The number of ether oxygens (including phenoxy) is 2. The van der Waals surface area contributed by atoms with E-state index < -0.39 is 41.5 Å². The van der Waals surface area contributed by atoms with Crippen molar-refractivity contribution in [2.24, 2.45) is 28.6 Å². The number of pyridine rings is 1. The van der Waals surface area contributed by atoms with Gasteiger partial charge in [-0.25, -0.2) is 4.79 Å². The highest BCUT2D eigenvalue weighted by Gasteiger charge is 2.70. The molecule has 3 aliphatic rings. The van der Waals surface area contributed by atoms with Crippen LogP contribution in [0.25, 0.3) is 0 Å². The van der Waals surface area contributed by atoms with Crippen LogP contribution in [0.3, 0.4) is 0 Å². The summed E-state index contributed by atoms with van der Waals surface area (Å²) in [7, 11) is 1.23. The van der Waals surface area contributed by atoms with Gasteiger partial charge < -0.3 is 30.3 Å². The lowest BCUT2D eigenvalue weighted by Gasteiger charge is -2.37. The molecule has 12 nitrogen and oxygen atoms in total. The molecule has 1 aromatic heterocycles. The molecule has 2 saturated heterocycles. The Balaban J connectivity index is 1.55. The van der Waals surface area contributed by atoms with E-state index in [9.17, 15) is 24.0 Å². The van der Waals surface area contributed by atoms with Gasteiger partial charge in [0.05, 0.1) is 19.3 Å². The van der Waals surface area contributed by atoms with Crippen LogP contribution in [0.15, 0.2) is 18.3 Å². The highest BCUT2D eigenvalue weighted by atomic mass is 16.5. The first kappa shape index (κ1) is 31.2.